The lowest BCUT2D eigenvalue weighted by Gasteiger charge is -2.19. The molecule has 1 saturated heterocycles. The summed E-state index contributed by atoms with van der Waals surface area (Å²) >= 11 is 0. The van der Waals surface area contributed by atoms with Crippen LogP contribution in [0.25, 0.3) is 0 Å². The minimum atomic E-state index is -0.217. The Morgan fingerprint density at radius 2 is 1.59 bits per heavy atom. The number of anilines is 1. The fraction of sp³-hybridized carbons (Fsp3) is 0.417. The Morgan fingerprint density at radius 3 is 2.17 bits per heavy atom. The molecule has 3 rings (SSSR count). The molecule has 5 heteroatoms. The summed E-state index contributed by atoms with van der Waals surface area (Å²) in [6, 6.07) is 15.2. The van der Waals surface area contributed by atoms with Crippen molar-refractivity contribution in [2.45, 2.75) is 45.4 Å². The average Bonchev–Trinajstić information content (AvgIpc) is 3.22. The number of nitrogens with one attached hydrogen (secondary N) is 1. The van der Waals surface area contributed by atoms with Crippen LogP contribution in [0.5, 0.6) is 5.75 Å². The van der Waals surface area contributed by atoms with Crippen LogP contribution in [-0.2, 0) is 21.4 Å². The Hall–Kier alpha value is -2.82. The molecule has 0 saturated carbocycles. The molecule has 0 aromatic heterocycles. The molecule has 0 unspecified atom stereocenters. The first-order chi connectivity index (χ1) is 13.8. The Labute approximate surface area is 173 Å². The normalized spacial score (nSPS) is 14.0. The molecule has 0 aliphatic carbocycles. The first-order valence-electron chi connectivity index (χ1n) is 10.2. The SMILES string of the molecule is CC(C)(C)c1ccc(OCC(=O)Nc2ccc(CC(=O)N3CCCC3)cc2)cc1. The number of hydrogen-bond donors (Lipinski definition) is 1. The lowest BCUT2D eigenvalue weighted by molar-refractivity contribution is -0.129. The van der Waals surface area contributed by atoms with Gasteiger partial charge in [0.25, 0.3) is 5.91 Å². The molecule has 1 aliphatic heterocycles. The first kappa shape index (κ1) is 20.9. The molecule has 0 bridgehead atoms. The lowest BCUT2D eigenvalue weighted by atomic mass is 9.87. The van der Waals surface area contributed by atoms with E-state index in [2.05, 4.69) is 26.1 Å². The third-order valence-electron chi connectivity index (χ3n) is 5.14. The number of rotatable bonds is 6. The van der Waals surface area contributed by atoms with E-state index in [0.717, 1.165) is 31.5 Å². The Morgan fingerprint density at radius 1 is 0.966 bits per heavy atom. The predicted molar refractivity (Wildman–Crippen MR) is 115 cm³/mol. The zero-order chi connectivity index (χ0) is 20.9. The van der Waals surface area contributed by atoms with Crippen molar-refractivity contribution >= 4 is 17.5 Å². The van der Waals surface area contributed by atoms with E-state index in [0.29, 0.717) is 17.9 Å². The van der Waals surface area contributed by atoms with Gasteiger partial charge in [0.1, 0.15) is 5.75 Å². The van der Waals surface area contributed by atoms with Crippen LogP contribution < -0.4 is 10.1 Å². The van der Waals surface area contributed by atoms with E-state index in [1.54, 1.807) is 0 Å². The molecule has 0 radical (unpaired) electrons. The van der Waals surface area contributed by atoms with Gasteiger partial charge in [0.15, 0.2) is 6.61 Å². The van der Waals surface area contributed by atoms with Crippen LogP contribution in [0.4, 0.5) is 5.69 Å². The summed E-state index contributed by atoms with van der Waals surface area (Å²) in [5.41, 5.74) is 2.95. The van der Waals surface area contributed by atoms with Gasteiger partial charge >= 0.3 is 0 Å². The minimum absolute atomic E-state index is 0.0515. The fourth-order valence-corrected chi connectivity index (χ4v) is 3.36. The quantitative estimate of drug-likeness (QED) is 0.800. The van der Waals surface area contributed by atoms with Gasteiger partial charge in [-0.2, -0.15) is 0 Å². The summed E-state index contributed by atoms with van der Waals surface area (Å²) < 4.78 is 5.58. The number of benzene rings is 2. The molecule has 1 N–H and O–H groups in total. The van der Waals surface area contributed by atoms with Gasteiger partial charge < -0.3 is 15.0 Å². The Bertz CT molecular complexity index is 830. The van der Waals surface area contributed by atoms with Gasteiger partial charge in [-0.05, 0) is 53.6 Å². The highest BCUT2D eigenvalue weighted by atomic mass is 16.5. The minimum Gasteiger partial charge on any atom is -0.484 e. The van der Waals surface area contributed by atoms with Gasteiger partial charge in [-0.25, -0.2) is 0 Å². The summed E-state index contributed by atoms with van der Waals surface area (Å²) in [6.45, 7) is 8.15. The summed E-state index contributed by atoms with van der Waals surface area (Å²) in [4.78, 5) is 26.3. The molecule has 2 aromatic rings. The number of carbonyl (C=O) groups excluding carboxylic acids is 2. The standard InChI is InChI=1S/C24H30N2O3/c1-24(2,3)19-8-12-21(13-9-19)29-17-22(27)25-20-10-6-18(7-11-20)16-23(28)26-14-4-5-15-26/h6-13H,4-5,14-17H2,1-3H3,(H,25,27). The Kier molecular flexibility index (Phi) is 6.57. The number of hydrogen-bond acceptors (Lipinski definition) is 3. The number of likely N-dealkylation sites (tertiary alicyclic amines) is 1. The fourth-order valence-electron chi connectivity index (χ4n) is 3.36. The second kappa shape index (κ2) is 9.12. The maximum absolute atomic E-state index is 12.2. The van der Waals surface area contributed by atoms with Gasteiger partial charge in [-0.3, -0.25) is 9.59 Å². The van der Waals surface area contributed by atoms with Crippen LogP contribution in [0.3, 0.4) is 0 Å². The van der Waals surface area contributed by atoms with Crippen molar-refractivity contribution in [3.63, 3.8) is 0 Å². The van der Waals surface area contributed by atoms with Crippen LogP contribution in [-0.4, -0.2) is 36.4 Å². The van der Waals surface area contributed by atoms with Crippen molar-refractivity contribution < 1.29 is 14.3 Å². The molecule has 1 heterocycles. The molecule has 2 amide bonds. The Balaban J connectivity index is 1.46. The molecular weight excluding hydrogens is 364 g/mol. The summed E-state index contributed by atoms with van der Waals surface area (Å²) in [5, 5.41) is 2.82. The number of carbonyl (C=O) groups is 2. The van der Waals surface area contributed by atoms with Gasteiger partial charge in [0, 0.05) is 18.8 Å². The molecular formula is C24H30N2O3. The average molecular weight is 395 g/mol. The van der Waals surface area contributed by atoms with Crippen LogP contribution >= 0.6 is 0 Å². The largest absolute Gasteiger partial charge is 0.484 e. The number of nitrogens with zero attached hydrogens (tertiary/aromatic N) is 1. The predicted octanol–water partition coefficient (Wildman–Crippen LogP) is 4.17. The van der Waals surface area contributed by atoms with E-state index in [9.17, 15) is 9.59 Å². The van der Waals surface area contributed by atoms with E-state index in [1.165, 1.54) is 5.56 Å². The summed E-state index contributed by atoms with van der Waals surface area (Å²) in [5.74, 6) is 0.625. The van der Waals surface area contributed by atoms with E-state index in [1.807, 2.05) is 53.4 Å². The first-order valence-corrected chi connectivity index (χ1v) is 10.2. The van der Waals surface area contributed by atoms with Crippen molar-refractivity contribution in [1.29, 1.82) is 0 Å². The highest BCUT2D eigenvalue weighted by Gasteiger charge is 2.18. The molecule has 2 aromatic carbocycles. The van der Waals surface area contributed by atoms with Crippen molar-refractivity contribution in [3.8, 4) is 5.75 Å². The highest BCUT2D eigenvalue weighted by molar-refractivity contribution is 5.92. The second-order valence-electron chi connectivity index (χ2n) is 8.57. The maximum atomic E-state index is 12.2. The van der Waals surface area contributed by atoms with Crippen molar-refractivity contribution in [3.05, 3.63) is 59.7 Å². The third kappa shape index (κ3) is 6.08. The van der Waals surface area contributed by atoms with Crippen LogP contribution in [0, 0.1) is 0 Å². The second-order valence-corrected chi connectivity index (χ2v) is 8.57. The molecule has 1 aliphatic rings. The molecule has 0 spiro atoms. The molecule has 29 heavy (non-hydrogen) atoms. The molecule has 0 atom stereocenters. The monoisotopic (exact) mass is 394 g/mol. The summed E-state index contributed by atoms with van der Waals surface area (Å²) in [7, 11) is 0. The van der Waals surface area contributed by atoms with Crippen molar-refractivity contribution in [1.82, 2.24) is 4.90 Å². The topological polar surface area (TPSA) is 58.6 Å². The number of ether oxygens (including phenoxy) is 1. The van der Waals surface area contributed by atoms with Crippen molar-refractivity contribution in [2.24, 2.45) is 0 Å². The zero-order valence-electron chi connectivity index (χ0n) is 17.5. The van der Waals surface area contributed by atoms with Crippen LogP contribution in [0.2, 0.25) is 0 Å². The summed E-state index contributed by atoms with van der Waals surface area (Å²) in [6.07, 6.45) is 2.60. The molecule has 1 fully saturated rings. The lowest BCUT2D eigenvalue weighted by Crippen LogP contribution is -2.29. The zero-order valence-corrected chi connectivity index (χ0v) is 17.5. The van der Waals surface area contributed by atoms with Gasteiger partial charge in [0.2, 0.25) is 5.91 Å². The van der Waals surface area contributed by atoms with Gasteiger partial charge in [-0.1, -0.05) is 45.0 Å². The molecule has 154 valence electrons. The van der Waals surface area contributed by atoms with Crippen molar-refractivity contribution in [2.75, 3.05) is 25.0 Å². The van der Waals surface area contributed by atoms with Crippen LogP contribution in [0.15, 0.2) is 48.5 Å². The maximum Gasteiger partial charge on any atom is 0.262 e. The third-order valence-corrected chi connectivity index (χ3v) is 5.14. The number of amides is 2. The van der Waals surface area contributed by atoms with Gasteiger partial charge in [0.05, 0.1) is 6.42 Å². The van der Waals surface area contributed by atoms with Crippen LogP contribution in [0.1, 0.15) is 44.7 Å². The van der Waals surface area contributed by atoms with E-state index < -0.39 is 0 Å². The highest BCUT2D eigenvalue weighted by Crippen LogP contribution is 2.24. The smallest absolute Gasteiger partial charge is 0.262 e. The molecule has 5 nitrogen and oxygen atoms in total. The van der Waals surface area contributed by atoms with E-state index >= 15 is 0 Å². The van der Waals surface area contributed by atoms with E-state index in [-0.39, 0.29) is 23.8 Å². The van der Waals surface area contributed by atoms with Gasteiger partial charge in [-0.15, -0.1) is 0 Å². The van der Waals surface area contributed by atoms with E-state index in [4.69, 9.17) is 4.74 Å².